The minimum absolute atomic E-state index is 0.0485. The SMILES string of the molecule is Cc1oc(C(=O)O)cc1CN1CCCC(C(C)C)CC1. The Labute approximate surface area is 120 Å². The molecule has 0 aromatic carbocycles. The molecule has 2 heterocycles. The van der Waals surface area contributed by atoms with Gasteiger partial charge in [-0.05, 0) is 57.2 Å². The van der Waals surface area contributed by atoms with Crippen molar-refractivity contribution >= 4 is 5.97 Å². The van der Waals surface area contributed by atoms with Gasteiger partial charge in [0.05, 0.1) is 0 Å². The zero-order valence-corrected chi connectivity index (χ0v) is 12.7. The van der Waals surface area contributed by atoms with Gasteiger partial charge in [0, 0.05) is 12.1 Å². The van der Waals surface area contributed by atoms with E-state index in [0.29, 0.717) is 0 Å². The van der Waals surface area contributed by atoms with E-state index in [1.54, 1.807) is 6.07 Å². The number of likely N-dealkylation sites (tertiary alicyclic amines) is 1. The Morgan fingerprint density at radius 3 is 2.80 bits per heavy atom. The molecule has 20 heavy (non-hydrogen) atoms. The highest BCUT2D eigenvalue weighted by molar-refractivity contribution is 5.84. The van der Waals surface area contributed by atoms with E-state index < -0.39 is 5.97 Å². The second-order valence-electron chi connectivity index (χ2n) is 6.21. The lowest BCUT2D eigenvalue weighted by Crippen LogP contribution is -2.24. The topological polar surface area (TPSA) is 53.7 Å². The molecule has 2 rings (SSSR count). The molecule has 1 aliphatic heterocycles. The lowest BCUT2D eigenvalue weighted by molar-refractivity contribution is 0.0661. The van der Waals surface area contributed by atoms with Gasteiger partial charge in [-0.25, -0.2) is 4.79 Å². The van der Waals surface area contributed by atoms with E-state index in [1.165, 1.54) is 19.3 Å². The summed E-state index contributed by atoms with van der Waals surface area (Å²) >= 11 is 0. The number of carbonyl (C=O) groups is 1. The minimum atomic E-state index is -0.991. The van der Waals surface area contributed by atoms with Crippen LogP contribution in [0.25, 0.3) is 0 Å². The first kappa shape index (κ1) is 15.1. The molecule has 4 nitrogen and oxygen atoms in total. The van der Waals surface area contributed by atoms with Crippen molar-refractivity contribution in [1.29, 1.82) is 0 Å². The second kappa shape index (κ2) is 6.44. The van der Waals surface area contributed by atoms with Gasteiger partial charge in [-0.3, -0.25) is 4.90 Å². The predicted octanol–water partition coefficient (Wildman–Crippen LogP) is 3.54. The molecule has 1 aromatic rings. The molecule has 0 amide bonds. The number of hydrogen-bond donors (Lipinski definition) is 1. The fraction of sp³-hybridized carbons (Fsp3) is 0.688. The standard InChI is InChI=1S/C16H25NO3/c1-11(2)13-5-4-7-17(8-6-13)10-14-9-15(16(18)19)20-12(14)3/h9,11,13H,4-8,10H2,1-3H3,(H,18,19). The normalized spacial score (nSPS) is 21.1. The number of aryl methyl sites for hydroxylation is 1. The summed E-state index contributed by atoms with van der Waals surface area (Å²) in [5.41, 5.74) is 1.00. The van der Waals surface area contributed by atoms with Crippen molar-refractivity contribution in [3.63, 3.8) is 0 Å². The molecule has 0 aliphatic carbocycles. The molecule has 4 heteroatoms. The first-order valence-corrected chi connectivity index (χ1v) is 7.52. The van der Waals surface area contributed by atoms with Gasteiger partial charge in [-0.15, -0.1) is 0 Å². The molecule has 1 unspecified atom stereocenters. The number of hydrogen-bond acceptors (Lipinski definition) is 3. The third-order valence-electron chi connectivity index (χ3n) is 4.43. The monoisotopic (exact) mass is 279 g/mol. The van der Waals surface area contributed by atoms with Crippen LogP contribution in [-0.4, -0.2) is 29.1 Å². The van der Waals surface area contributed by atoms with Crippen molar-refractivity contribution in [3.8, 4) is 0 Å². The summed E-state index contributed by atoms with van der Waals surface area (Å²) in [7, 11) is 0. The average molecular weight is 279 g/mol. The van der Waals surface area contributed by atoms with E-state index >= 15 is 0 Å². The first-order chi connectivity index (χ1) is 9.47. The fourth-order valence-corrected chi connectivity index (χ4v) is 3.03. The van der Waals surface area contributed by atoms with Crippen LogP contribution in [0.4, 0.5) is 0 Å². The smallest absolute Gasteiger partial charge is 0.371 e. The molecule has 0 spiro atoms. The molecule has 0 saturated carbocycles. The van der Waals surface area contributed by atoms with Gasteiger partial charge in [0.15, 0.2) is 0 Å². The number of aromatic carboxylic acids is 1. The number of furan rings is 1. The van der Waals surface area contributed by atoms with Crippen LogP contribution in [0.2, 0.25) is 0 Å². The molecular weight excluding hydrogens is 254 g/mol. The van der Waals surface area contributed by atoms with Crippen molar-refractivity contribution in [1.82, 2.24) is 4.90 Å². The van der Waals surface area contributed by atoms with Crippen molar-refractivity contribution in [3.05, 3.63) is 23.2 Å². The zero-order chi connectivity index (χ0) is 14.7. The fourth-order valence-electron chi connectivity index (χ4n) is 3.03. The number of carboxylic acid groups (broad SMARTS) is 1. The van der Waals surface area contributed by atoms with Crippen LogP contribution in [-0.2, 0) is 6.54 Å². The van der Waals surface area contributed by atoms with E-state index in [-0.39, 0.29) is 5.76 Å². The maximum absolute atomic E-state index is 10.9. The summed E-state index contributed by atoms with van der Waals surface area (Å²) in [5, 5.41) is 8.96. The second-order valence-corrected chi connectivity index (χ2v) is 6.21. The Balaban J connectivity index is 1.98. The Bertz CT molecular complexity index is 464. The van der Waals surface area contributed by atoms with E-state index in [2.05, 4.69) is 18.7 Å². The first-order valence-electron chi connectivity index (χ1n) is 7.52. The number of carboxylic acids is 1. The molecule has 0 radical (unpaired) electrons. The third-order valence-corrected chi connectivity index (χ3v) is 4.43. The quantitative estimate of drug-likeness (QED) is 0.915. The van der Waals surface area contributed by atoms with E-state index in [1.807, 2.05) is 6.92 Å². The average Bonchev–Trinajstić information content (AvgIpc) is 2.61. The Morgan fingerprint density at radius 2 is 2.20 bits per heavy atom. The van der Waals surface area contributed by atoms with Crippen LogP contribution in [0.15, 0.2) is 10.5 Å². The third kappa shape index (κ3) is 3.63. The van der Waals surface area contributed by atoms with Gasteiger partial charge >= 0.3 is 5.97 Å². The largest absolute Gasteiger partial charge is 0.475 e. The Hall–Kier alpha value is -1.29. The van der Waals surface area contributed by atoms with Crippen LogP contribution in [0.1, 0.15) is 55.0 Å². The van der Waals surface area contributed by atoms with Crippen molar-refractivity contribution in [2.75, 3.05) is 13.1 Å². The highest BCUT2D eigenvalue weighted by Crippen LogP contribution is 2.26. The van der Waals surface area contributed by atoms with Crippen molar-refractivity contribution < 1.29 is 14.3 Å². The van der Waals surface area contributed by atoms with Gasteiger partial charge in [0.25, 0.3) is 0 Å². The summed E-state index contributed by atoms with van der Waals surface area (Å²) in [6.45, 7) is 9.44. The highest BCUT2D eigenvalue weighted by atomic mass is 16.4. The number of nitrogens with zero attached hydrogens (tertiary/aromatic N) is 1. The predicted molar refractivity (Wildman–Crippen MR) is 77.9 cm³/mol. The van der Waals surface area contributed by atoms with Gasteiger partial charge < -0.3 is 9.52 Å². The van der Waals surface area contributed by atoms with Crippen molar-refractivity contribution in [2.45, 2.75) is 46.6 Å². The summed E-state index contributed by atoms with van der Waals surface area (Å²) in [6, 6.07) is 1.67. The van der Waals surface area contributed by atoms with Crippen molar-refractivity contribution in [2.24, 2.45) is 11.8 Å². The highest BCUT2D eigenvalue weighted by Gasteiger charge is 2.21. The van der Waals surface area contributed by atoms with E-state index in [0.717, 1.165) is 42.8 Å². The maximum Gasteiger partial charge on any atom is 0.371 e. The van der Waals surface area contributed by atoms with Gasteiger partial charge in [-0.1, -0.05) is 13.8 Å². The number of rotatable bonds is 4. The molecular formula is C16H25NO3. The molecule has 0 bridgehead atoms. The van der Waals surface area contributed by atoms with Gasteiger partial charge in [0.2, 0.25) is 5.76 Å². The van der Waals surface area contributed by atoms with Crippen LogP contribution >= 0.6 is 0 Å². The summed E-state index contributed by atoms with van der Waals surface area (Å²) < 4.78 is 5.28. The maximum atomic E-state index is 10.9. The van der Waals surface area contributed by atoms with Gasteiger partial charge in [0.1, 0.15) is 5.76 Å². The molecule has 112 valence electrons. The molecule has 1 atom stereocenters. The van der Waals surface area contributed by atoms with Crippen LogP contribution in [0.5, 0.6) is 0 Å². The summed E-state index contributed by atoms with van der Waals surface area (Å²) in [5.74, 6) is 1.36. The van der Waals surface area contributed by atoms with E-state index in [9.17, 15) is 4.79 Å². The molecule has 1 N–H and O–H groups in total. The molecule has 1 aromatic heterocycles. The van der Waals surface area contributed by atoms with Gasteiger partial charge in [-0.2, -0.15) is 0 Å². The minimum Gasteiger partial charge on any atom is -0.475 e. The Kier molecular flexibility index (Phi) is 4.86. The van der Waals surface area contributed by atoms with Crippen LogP contribution in [0, 0.1) is 18.8 Å². The summed E-state index contributed by atoms with van der Waals surface area (Å²) in [4.78, 5) is 13.3. The van der Waals surface area contributed by atoms with Crippen LogP contribution in [0.3, 0.4) is 0 Å². The molecule has 1 saturated heterocycles. The van der Waals surface area contributed by atoms with E-state index in [4.69, 9.17) is 9.52 Å². The molecule has 1 aliphatic rings. The summed E-state index contributed by atoms with van der Waals surface area (Å²) in [6.07, 6.45) is 3.77. The zero-order valence-electron chi connectivity index (χ0n) is 12.7. The van der Waals surface area contributed by atoms with Crippen LogP contribution < -0.4 is 0 Å². The molecule has 1 fully saturated rings. The Morgan fingerprint density at radius 1 is 1.45 bits per heavy atom. The lowest BCUT2D eigenvalue weighted by atomic mass is 9.89. The lowest BCUT2D eigenvalue weighted by Gasteiger charge is -2.20.